The Bertz CT molecular complexity index is 37.1. The molecule has 0 saturated carbocycles. The topological polar surface area (TPSA) is 74.6 Å². The molecule has 0 rings (SSSR count). The van der Waals surface area contributed by atoms with Gasteiger partial charge in [-0.15, -0.1) is 0 Å². The van der Waals surface area contributed by atoms with Gasteiger partial charge in [0.25, 0.3) is 0 Å². The third-order valence-corrected chi connectivity index (χ3v) is 0. The molecule has 0 unspecified atom stereocenters. The Hall–Kier alpha value is 1.00. The molecule has 134 valence electrons. The van der Waals surface area contributed by atoms with Gasteiger partial charge in [0.2, 0.25) is 0 Å². The van der Waals surface area contributed by atoms with E-state index in [1.807, 2.05) is 13.6 Å². The Morgan fingerprint density at radius 1 is 0.750 bits per heavy atom. The molecule has 20 heavy (non-hydrogen) atoms. The molecule has 2 N–H and O–H groups in total. The summed E-state index contributed by atoms with van der Waals surface area (Å²) in [6, 6.07) is 0. The number of hydrogen-bond acceptors (Lipinski definition) is 4. The van der Waals surface area contributed by atoms with Gasteiger partial charge < -0.3 is 41.6 Å². The van der Waals surface area contributed by atoms with Crippen LogP contribution in [0, 0.1) is 52.9 Å². The third-order valence-electron chi connectivity index (χ3n) is 0. The molecule has 0 fully saturated rings. The number of aliphatic hydroxyl groups is 2. The van der Waals surface area contributed by atoms with Crippen LogP contribution in [0.3, 0.4) is 0 Å². The summed E-state index contributed by atoms with van der Waals surface area (Å²) in [5.41, 5.74) is 0. The largest absolute Gasteiger partial charge is 2.00 e. The first-order valence-corrected chi connectivity index (χ1v) is 3.33. The molecule has 0 aliphatic rings. The summed E-state index contributed by atoms with van der Waals surface area (Å²) in [5, 5.41) is 15.1. The summed E-state index contributed by atoms with van der Waals surface area (Å²) in [7, 11) is 0. The van der Waals surface area contributed by atoms with Crippen molar-refractivity contribution >= 4 is 13.6 Å². The van der Waals surface area contributed by atoms with Crippen molar-refractivity contribution in [3.8, 4) is 0 Å². The molecule has 0 saturated heterocycles. The zero-order valence-electron chi connectivity index (χ0n) is 11.2. The van der Waals surface area contributed by atoms with Crippen LogP contribution in [0.25, 0.3) is 0 Å². The minimum Gasteiger partial charge on any atom is -0.397 e. The summed E-state index contributed by atoms with van der Waals surface area (Å²) < 4.78 is 0. The predicted octanol–water partition coefficient (Wildman–Crippen LogP) is 3.91. The molecule has 0 spiro atoms. The third kappa shape index (κ3) is 6150. The fourth-order valence-electron chi connectivity index (χ4n) is 0. The molecule has 0 radical (unpaired) electrons. The van der Waals surface area contributed by atoms with Gasteiger partial charge >= 0.3 is 21.1 Å². The van der Waals surface area contributed by atoms with E-state index in [4.69, 9.17) is 19.8 Å². The van der Waals surface area contributed by atoms with Crippen LogP contribution < -0.4 is 0 Å². The van der Waals surface area contributed by atoms with Gasteiger partial charge in [-0.05, 0) is 13.8 Å². The van der Waals surface area contributed by atoms with E-state index >= 15 is 0 Å². The molecular weight excluding hydrogens is 654 g/mol. The van der Waals surface area contributed by atoms with Gasteiger partial charge in [0.1, 0.15) is 13.6 Å². The van der Waals surface area contributed by atoms with Crippen molar-refractivity contribution in [3.05, 3.63) is 21.8 Å². The maximum atomic E-state index is 8.00. The molecule has 0 heterocycles. The van der Waals surface area contributed by atoms with Crippen LogP contribution in [0.2, 0.25) is 0 Å². The minimum atomic E-state index is 0. The zero-order valence-corrected chi connectivity index (χ0v) is 18.3. The molecule has 4 nitrogen and oxygen atoms in total. The van der Waals surface area contributed by atoms with Crippen LogP contribution in [0.5, 0.6) is 0 Å². The first-order valence-electron chi connectivity index (χ1n) is 3.33. The first kappa shape index (κ1) is 131. The molecule has 0 aromatic rings. The van der Waals surface area contributed by atoms with Crippen LogP contribution in [0.1, 0.15) is 50.5 Å². The van der Waals surface area contributed by atoms with Crippen molar-refractivity contribution in [3.63, 3.8) is 0 Å². The standard InChI is InChI=1S/2C2H6O.C2H5.2CH2O.4CH4.2CH3.U.W/c2*1-2-3;3*1-2;;;;;;;;/h2*3H,2H2,1H3;1H2,2H3;2*1H2;4*1H4;2*1H3;;/q;;-1;;;;;;;2*-1;;+2. The second kappa shape index (κ2) is 802. The summed E-state index contributed by atoms with van der Waals surface area (Å²) in [4.78, 5) is 16.0. The van der Waals surface area contributed by atoms with Crippen LogP contribution in [0.4, 0.5) is 0 Å². The number of carbonyl (C=O) groups is 2. The van der Waals surface area contributed by atoms with E-state index in [-0.39, 0.29) is 110 Å². The van der Waals surface area contributed by atoms with Crippen molar-refractivity contribution in [2.75, 3.05) is 13.2 Å². The molecule has 6 heteroatoms. The van der Waals surface area contributed by atoms with Gasteiger partial charge in [-0.2, -0.15) is 6.92 Å². The molecule has 0 aromatic carbocycles. The monoisotopic (exact) mass is 697 g/mol. The fraction of sp³-hybridized carbons (Fsp3) is 0.643. The van der Waals surface area contributed by atoms with Crippen molar-refractivity contribution in [1.82, 2.24) is 0 Å². The fourth-order valence-corrected chi connectivity index (χ4v) is 0. The molecule has 0 aromatic heterocycles. The Labute approximate surface area is 170 Å². The smallest absolute Gasteiger partial charge is 0.397 e. The average Bonchev–Trinajstić information content (AvgIpc) is 2.16. The van der Waals surface area contributed by atoms with Gasteiger partial charge in [-0.1, -0.05) is 29.7 Å². The van der Waals surface area contributed by atoms with Crippen molar-refractivity contribution in [2.45, 2.75) is 50.5 Å². The van der Waals surface area contributed by atoms with Gasteiger partial charge in [-0.25, -0.2) is 0 Å². The SMILES string of the molecule is C.C.C.C.C=O.C=O.CCO.CCO.[CH2-]C.[CH3-].[CH3-].[U].[W+2]. The number of hydrogen-bond donors (Lipinski definition) is 2. The molecule has 0 atom stereocenters. The van der Waals surface area contributed by atoms with E-state index < -0.39 is 0 Å². The average molecular weight is 697 g/mol. The van der Waals surface area contributed by atoms with Gasteiger partial charge in [0, 0.05) is 44.3 Å². The minimum absolute atomic E-state index is 0. The van der Waals surface area contributed by atoms with E-state index in [0.717, 1.165) is 0 Å². The van der Waals surface area contributed by atoms with Crippen LogP contribution in [-0.2, 0) is 30.7 Å². The van der Waals surface area contributed by atoms with Crippen LogP contribution in [-0.4, -0.2) is 37.0 Å². The van der Waals surface area contributed by atoms with Crippen LogP contribution in [0.15, 0.2) is 0 Å². The predicted molar refractivity (Wildman–Crippen MR) is 90.5 cm³/mol. The Morgan fingerprint density at radius 2 is 0.750 bits per heavy atom. The normalized spacial score (nSPS) is 2.50. The second-order valence-corrected chi connectivity index (χ2v) is 0.632. The molecular formula is C14H43O4UW-. The van der Waals surface area contributed by atoms with Crippen LogP contribution >= 0.6 is 0 Å². The quantitative estimate of drug-likeness (QED) is 0.377. The first-order chi connectivity index (χ1) is 5.83. The van der Waals surface area contributed by atoms with Gasteiger partial charge in [-0.3, -0.25) is 0 Å². The van der Waals surface area contributed by atoms with Gasteiger partial charge in [0.05, 0.1) is 0 Å². The number of aliphatic hydroxyl groups excluding tert-OH is 2. The van der Waals surface area contributed by atoms with Crippen molar-refractivity contribution < 1.29 is 72.0 Å². The Morgan fingerprint density at radius 3 is 0.750 bits per heavy atom. The Kier molecular flexibility index (Phi) is 5260. The van der Waals surface area contributed by atoms with Crippen molar-refractivity contribution in [2.24, 2.45) is 0 Å². The second-order valence-electron chi connectivity index (χ2n) is 0.632. The summed E-state index contributed by atoms with van der Waals surface area (Å²) in [6.45, 7) is 12.9. The molecule has 0 bridgehead atoms. The summed E-state index contributed by atoms with van der Waals surface area (Å²) in [5.74, 6) is 0. The van der Waals surface area contributed by atoms with E-state index in [1.165, 1.54) is 0 Å². The molecule has 0 aliphatic heterocycles. The van der Waals surface area contributed by atoms with E-state index in [0.29, 0.717) is 0 Å². The van der Waals surface area contributed by atoms with E-state index in [2.05, 4.69) is 6.92 Å². The van der Waals surface area contributed by atoms with Crippen molar-refractivity contribution in [1.29, 1.82) is 0 Å². The maximum absolute atomic E-state index is 8.00. The maximum Gasteiger partial charge on any atom is 2.00 e. The number of rotatable bonds is 0. The zero-order chi connectivity index (χ0) is 11.4. The summed E-state index contributed by atoms with van der Waals surface area (Å²) >= 11 is 0. The van der Waals surface area contributed by atoms with Gasteiger partial charge in [0.15, 0.2) is 0 Å². The molecule has 0 amide bonds. The molecule has 0 aliphatic carbocycles. The summed E-state index contributed by atoms with van der Waals surface area (Å²) in [6.07, 6.45) is 0. The number of carbonyl (C=O) groups excluding carboxylic acids is 2. The Balaban J connectivity index is -0.00000000256. The van der Waals surface area contributed by atoms with E-state index in [1.54, 1.807) is 20.8 Å². The van der Waals surface area contributed by atoms with E-state index in [9.17, 15) is 0 Å².